The van der Waals surface area contributed by atoms with Crippen molar-refractivity contribution in [1.82, 2.24) is 10.2 Å². The number of fused-ring (bicyclic) bond motifs is 1. The Morgan fingerprint density at radius 3 is 2.96 bits per heavy atom. The first-order valence-corrected chi connectivity index (χ1v) is 9.82. The van der Waals surface area contributed by atoms with Gasteiger partial charge < -0.3 is 16.0 Å². The van der Waals surface area contributed by atoms with Crippen molar-refractivity contribution in [2.75, 3.05) is 29.0 Å². The Bertz CT molecular complexity index is 956. The second-order valence-electron chi connectivity index (χ2n) is 6.62. The fourth-order valence-corrected chi connectivity index (χ4v) is 3.97. The van der Waals surface area contributed by atoms with Gasteiger partial charge in [0.15, 0.2) is 0 Å². The van der Waals surface area contributed by atoms with E-state index in [1.165, 1.54) is 0 Å². The maximum absolute atomic E-state index is 11.4. The zero-order valence-electron chi connectivity index (χ0n) is 14.3. The Kier molecular flexibility index (Phi) is 4.52. The topological polar surface area (TPSA) is 113 Å². The van der Waals surface area contributed by atoms with Gasteiger partial charge >= 0.3 is 0 Å². The van der Waals surface area contributed by atoms with E-state index in [0.29, 0.717) is 16.6 Å². The summed E-state index contributed by atoms with van der Waals surface area (Å²) < 4.78 is 11.4. The first kappa shape index (κ1) is 16.9. The predicted octanol–water partition coefficient (Wildman–Crippen LogP) is 2.21. The van der Waals surface area contributed by atoms with E-state index >= 15 is 0 Å². The van der Waals surface area contributed by atoms with Crippen molar-refractivity contribution in [1.29, 1.82) is 0 Å². The minimum atomic E-state index is -1.51. The van der Waals surface area contributed by atoms with Crippen molar-refractivity contribution in [3.8, 4) is 0 Å². The van der Waals surface area contributed by atoms with E-state index in [2.05, 4.69) is 32.5 Å². The molecule has 1 aromatic heterocycles. The van der Waals surface area contributed by atoms with E-state index in [1.807, 2.05) is 18.3 Å². The Balaban J connectivity index is 1.49. The predicted molar refractivity (Wildman–Crippen MR) is 106 cm³/mol. The third-order valence-corrected chi connectivity index (χ3v) is 5.52. The number of anilines is 3. The summed E-state index contributed by atoms with van der Waals surface area (Å²) in [5, 5.41) is 17.2. The van der Waals surface area contributed by atoms with Crippen LogP contribution < -0.4 is 21.1 Å². The molecule has 0 amide bonds. The number of rotatable bonds is 4. The molecule has 26 heavy (non-hydrogen) atoms. The van der Waals surface area contributed by atoms with Crippen LogP contribution in [0.5, 0.6) is 0 Å². The summed E-state index contributed by atoms with van der Waals surface area (Å²) in [4.78, 5) is 2.82. The fraction of sp³-hybridized carbons (Fsp3) is 0.278. The molecule has 7 nitrogen and oxygen atoms in total. The van der Waals surface area contributed by atoms with Gasteiger partial charge in [0.05, 0.1) is 28.0 Å². The molecule has 2 atom stereocenters. The smallest absolute Gasteiger partial charge is 0.122 e. The molecule has 1 saturated heterocycles. The summed E-state index contributed by atoms with van der Waals surface area (Å²) in [5.41, 5.74) is 9.88. The number of aromatic nitrogens is 2. The van der Waals surface area contributed by atoms with Crippen LogP contribution in [0.2, 0.25) is 0 Å². The van der Waals surface area contributed by atoms with Crippen LogP contribution in [0.15, 0.2) is 47.5 Å². The summed E-state index contributed by atoms with van der Waals surface area (Å²) in [6, 6.07) is 11.9. The zero-order valence-corrected chi connectivity index (χ0v) is 15.1. The highest BCUT2D eigenvalue weighted by molar-refractivity contribution is 7.82. The van der Waals surface area contributed by atoms with Crippen LogP contribution in [0.25, 0.3) is 10.9 Å². The number of aromatic amines is 1. The highest BCUT2D eigenvalue weighted by Gasteiger charge is 2.22. The van der Waals surface area contributed by atoms with Crippen molar-refractivity contribution in [3.05, 3.63) is 42.6 Å². The molecule has 8 heteroatoms. The van der Waals surface area contributed by atoms with Gasteiger partial charge in [0.25, 0.3) is 0 Å². The van der Waals surface area contributed by atoms with Crippen molar-refractivity contribution >= 4 is 39.0 Å². The molecule has 136 valence electrons. The van der Waals surface area contributed by atoms with Crippen molar-refractivity contribution in [2.45, 2.75) is 23.8 Å². The minimum Gasteiger partial charge on any atom is -0.397 e. The quantitative estimate of drug-likeness (QED) is 0.526. The van der Waals surface area contributed by atoms with Crippen molar-refractivity contribution in [3.63, 3.8) is 0 Å². The average Bonchev–Trinajstić information content (AvgIpc) is 3.09. The molecule has 0 radical (unpaired) electrons. The number of nitrogens with zero attached hydrogens (tertiary/aromatic N) is 2. The standard InChI is InChI=1S/C18H22N6OS/c19-16-9-15(26(20)25)4-6-18(16)24-7-1-2-14(11-24)22-13-3-5-17-12(8-13)10-21-23-17/h3-6,8-10,14,22H,1-2,7,11,19-20H2,(H,21,23). The van der Waals surface area contributed by atoms with Gasteiger partial charge in [-0.15, -0.1) is 0 Å². The van der Waals surface area contributed by atoms with Crippen LogP contribution in [0.4, 0.5) is 17.1 Å². The lowest BCUT2D eigenvalue weighted by Gasteiger charge is -2.36. The van der Waals surface area contributed by atoms with Crippen LogP contribution in [-0.2, 0) is 11.0 Å². The third kappa shape index (κ3) is 3.38. The van der Waals surface area contributed by atoms with Crippen LogP contribution >= 0.6 is 0 Å². The number of nitrogen functional groups attached to an aromatic ring is 1. The Labute approximate surface area is 154 Å². The summed E-state index contributed by atoms with van der Waals surface area (Å²) in [6.07, 6.45) is 4.01. The minimum absolute atomic E-state index is 0.329. The molecular formula is C18H22N6OS. The number of hydrogen-bond donors (Lipinski definition) is 4. The molecule has 0 saturated carbocycles. The molecule has 2 heterocycles. The van der Waals surface area contributed by atoms with Crippen LogP contribution in [0, 0.1) is 0 Å². The van der Waals surface area contributed by atoms with E-state index < -0.39 is 11.0 Å². The second-order valence-corrected chi connectivity index (χ2v) is 7.69. The first-order valence-electron chi connectivity index (χ1n) is 8.60. The molecule has 6 N–H and O–H groups in total. The molecule has 1 aliphatic heterocycles. The molecule has 3 aromatic rings. The van der Waals surface area contributed by atoms with Crippen molar-refractivity contribution in [2.24, 2.45) is 5.14 Å². The lowest BCUT2D eigenvalue weighted by molar-refractivity contribution is 0.530. The number of nitrogens with one attached hydrogen (secondary N) is 2. The Hall–Kier alpha value is -2.58. The van der Waals surface area contributed by atoms with Gasteiger partial charge in [0.2, 0.25) is 0 Å². The average molecular weight is 370 g/mol. The number of piperidine rings is 1. The molecule has 0 bridgehead atoms. The normalized spacial score (nSPS) is 18.8. The highest BCUT2D eigenvalue weighted by atomic mass is 32.2. The van der Waals surface area contributed by atoms with Gasteiger partial charge in [-0.05, 0) is 49.2 Å². The summed E-state index contributed by atoms with van der Waals surface area (Å²) in [6.45, 7) is 1.81. The maximum atomic E-state index is 11.4. The van der Waals surface area contributed by atoms with Gasteiger partial charge in [-0.2, -0.15) is 5.10 Å². The lowest BCUT2D eigenvalue weighted by atomic mass is 10.0. The molecular weight excluding hydrogens is 348 g/mol. The van der Waals surface area contributed by atoms with E-state index in [-0.39, 0.29) is 0 Å². The zero-order chi connectivity index (χ0) is 18.1. The van der Waals surface area contributed by atoms with E-state index in [0.717, 1.165) is 48.2 Å². The third-order valence-electron chi connectivity index (χ3n) is 4.80. The monoisotopic (exact) mass is 370 g/mol. The van der Waals surface area contributed by atoms with Gasteiger partial charge in [-0.25, -0.2) is 9.35 Å². The molecule has 1 fully saturated rings. The lowest BCUT2D eigenvalue weighted by Crippen LogP contribution is -2.42. The number of hydrogen-bond acceptors (Lipinski definition) is 5. The molecule has 0 aliphatic carbocycles. The largest absolute Gasteiger partial charge is 0.397 e. The van der Waals surface area contributed by atoms with Crippen LogP contribution in [0.1, 0.15) is 12.8 Å². The number of nitrogens with two attached hydrogens (primary N) is 2. The molecule has 1 aliphatic rings. The second kappa shape index (κ2) is 6.97. The Morgan fingerprint density at radius 1 is 1.27 bits per heavy atom. The summed E-state index contributed by atoms with van der Waals surface area (Å²) in [7, 11) is -1.51. The van der Waals surface area contributed by atoms with Crippen LogP contribution in [0.3, 0.4) is 0 Å². The molecule has 0 spiro atoms. The van der Waals surface area contributed by atoms with E-state index in [1.54, 1.807) is 12.1 Å². The number of H-pyrrole nitrogens is 1. The van der Waals surface area contributed by atoms with Gasteiger partial charge in [-0.1, -0.05) is 0 Å². The molecule has 2 unspecified atom stereocenters. The van der Waals surface area contributed by atoms with Crippen molar-refractivity contribution < 1.29 is 4.21 Å². The van der Waals surface area contributed by atoms with Crippen LogP contribution in [-0.4, -0.2) is 33.5 Å². The maximum Gasteiger partial charge on any atom is 0.122 e. The summed E-state index contributed by atoms with van der Waals surface area (Å²) >= 11 is 0. The summed E-state index contributed by atoms with van der Waals surface area (Å²) in [5.74, 6) is 0. The SMILES string of the molecule is Nc1cc(S(N)=O)ccc1N1CCCC(Nc2ccc3[nH]ncc3c2)C1. The molecule has 2 aromatic carbocycles. The van der Waals surface area contributed by atoms with E-state index in [9.17, 15) is 4.21 Å². The fourth-order valence-electron chi connectivity index (χ4n) is 3.53. The van der Waals surface area contributed by atoms with Gasteiger partial charge in [0, 0.05) is 30.2 Å². The van der Waals surface area contributed by atoms with Gasteiger partial charge in [0.1, 0.15) is 11.0 Å². The van der Waals surface area contributed by atoms with E-state index in [4.69, 9.17) is 10.9 Å². The number of benzene rings is 2. The molecule has 4 rings (SSSR count). The first-order chi connectivity index (χ1) is 12.6. The highest BCUT2D eigenvalue weighted by Crippen LogP contribution is 2.29. The van der Waals surface area contributed by atoms with Gasteiger partial charge in [-0.3, -0.25) is 5.10 Å². The Morgan fingerprint density at radius 2 is 2.15 bits per heavy atom.